The van der Waals surface area contributed by atoms with Crippen LogP contribution in [-0.4, -0.2) is 25.8 Å². The number of carbonyl (C=O) groups is 1. The predicted octanol–water partition coefficient (Wildman–Crippen LogP) is 6.21. The maximum Gasteiger partial charge on any atom is 0.276 e. The number of nitrogens with one attached hydrogen (secondary N) is 2. The average Bonchev–Trinajstić information content (AvgIpc) is 3.21. The van der Waals surface area contributed by atoms with Gasteiger partial charge in [0.05, 0.1) is 0 Å². The number of anilines is 1. The number of alkyl halides is 2. The Labute approximate surface area is 196 Å². The molecule has 1 amide bonds. The van der Waals surface area contributed by atoms with E-state index in [1.54, 1.807) is 13.0 Å². The number of hydrogen-bond acceptors (Lipinski definition) is 4. The van der Waals surface area contributed by atoms with Gasteiger partial charge in [-0.15, -0.1) is 0 Å². The molecular weight excluding hydrogens is 436 g/mol. The molecule has 2 N–H and O–H groups in total. The van der Waals surface area contributed by atoms with Crippen LogP contribution >= 0.6 is 0 Å². The first-order chi connectivity index (χ1) is 16.2. The van der Waals surface area contributed by atoms with Crippen molar-refractivity contribution in [3.8, 4) is 22.5 Å². The van der Waals surface area contributed by atoms with E-state index in [0.29, 0.717) is 11.5 Å². The smallest absolute Gasteiger partial charge is 0.276 e. The Morgan fingerprint density at radius 2 is 1.68 bits per heavy atom. The molecular formula is C26H25F2N5O. The lowest BCUT2D eigenvalue weighted by Gasteiger charge is -2.15. The number of benzene rings is 2. The lowest BCUT2D eigenvalue weighted by molar-refractivity contribution is -0.00824. The van der Waals surface area contributed by atoms with Gasteiger partial charge in [-0.05, 0) is 44.5 Å². The minimum absolute atomic E-state index is 0.139. The van der Waals surface area contributed by atoms with Crippen molar-refractivity contribution in [3.05, 3.63) is 83.2 Å². The van der Waals surface area contributed by atoms with E-state index in [9.17, 15) is 13.6 Å². The van der Waals surface area contributed by atoms with Crippen molar-refractivity contribution in [2.24, 2.45) is 0 Å². The lowest BCUT2D eigenvalue weighted by Crippen LogP contribution is -2.15. The predicted molar refractivity (Wildman–Crippen MR) is 128 cm³/mol. The second-order valence-electron chi connectivity index (χ2n) is 8.15. The van der Waals surface area contributed by atoms with Gasteiger partial charge < -0.3 is 10.3 Å². The van der Waals surface area contributed by atoms with Crippen LogP contribution in [0.25, 0.3) is 22.5 Å². The summed E-state index contributed by atoms with van der Waals surface area (Å²) in [5, 5.41) is 2.68. The molecule has 4 rings (SSSR count). The second-order valence-corrected chi connectivity index (χ2v) is 8.15. The highest BCUT2D eigenvalue weighted by Crippen LogP contribution is 2.33. The second kappa shape index (κ2) is 9.13. The molecule has 0 aliphatic rings. The van der Waals surface area contributed by atoms with Crippen LogP contribution in [0.3, 0.4) is 0 Å². The van der Waals surface area contributed by atoms with Gasteiger partial charge in [0, 0.05) is 45.9 Å². The Bertz CT molecular complexity index is 1340. The molecule has 8 heteroatoms. The molecule has 6 nitrogen and oxygen atoms in total. The Hall–Kier alpha value is -3.94. The van der Waals surface area contributed by atoms with Crippen molar-refractivity contribution >= 4 is 11.6 Å². The van der Waals surface area contributed by atoms with Gasteiger partial charge in [0.2, 0.25) is 0 Å². The van der Waals surface area contributed by atoms with Gasteiger partial charge in [0.1, 0.15) is 17.8 Å². The van der Waals surface area contributed by atoms with E-state index in [-0.39, 0.29) is 23.4 Å². The molecule has 0 unspecified atom stereocenters. The molecule has 0 saturated carbocycles. The summed E-state index contributed by atoms with van der Waals surface area (Å²) in [7, 11) is 0. The molecule has 0 aliphatic carbocycles. The van der Waals surface area contributed by atoms with E-state index in [0.717, 1.165) is 28.1 Å². The minimum Gasteiger partial charge on any atom is -0.341 e. The van der Waals surface area contributed by atoms with Crippen LogP contribution in [0.15, 0.2) is 54.9 Å². The van der Waals surface area contributed by atoms with E-state index in [1.165, 1.54) is 31.5 Å². The summed E-state index contributed by atoms with van der Waals surface area (Å²) in [6, 6.07) is 13.5. The standard InChI is InChI=1S/C26H25F2N5O/c1-5-26(27,28)20-10-7-11-21(13-20)32-25(34)23-17(4)31-24(33-23)19-9-6-8-18(12-19)22-15(2)29-14-30-16(22)3/h6-14H,5H2,1-4H3,(H,31,33)(H,32,34). The van der Waals surface area contributed by atoms with Crippen LogP contribution in [0.1, 0.15) is 46.5 Å². The number of aromatic amines is 1. The molecule has 0 radical (unpaired) electrons. The maximum atomic E-state index is 14.0. The average molecular weight is 462 g/mol. The molecule has 0 saturated heterocycles. The first-order valence-corrected chi connectivity index (χ1v) is 10.9. The van der Waals surface area contributed by atoms with Gasteiger partial charge in [-0.2, -0.15) is 0 Å². The van der Waals surface area contributed by atoms with Crippen molar-refractivity contribution in [3.63, 3.8) is 0 Å². The molecule has 2 aromatic carbocycles. The summed E-state index contributed by atoms with van der Waals surface area (Å²) in [4.78, 5) is 29.1. The van der Waals surface area contributed by atoms with Crippen LogP contribution in [0.4, 0.5) is 14.5 Å². The number of H-pyrrole nitrogens is 1. The van der Waals surface area contributed by atoms with Crippen LogP contribution in [-0.2, 0) is 5.92 Å². The molecule has 0 spiro atoms. The SMILES string of the molecule is CCC(F)(F)c1cccc(NC(=O)c2nc(-c3cccc(-c4c(C)ncnc4C)c3)[nH]c2C)c1. The zero-order valence-electron chi connectivity index (χ0n) is 19.4. The number of rotatable bonds is 6. The number of nitrogens with zero attached hydrogens (tertiary/aromatic N) is 3. The molecule has 174 valence electrons. The first-order valence-electron chi connectivity index (χ1n) is 10.9. The summed E-state index contributed by atoms with van der Waals surface area (Å²) in [6.45, 7) is 7.03. The molecule has 0 atom stereocenters. The fraction of sp³-hybridized carbons (Fsp3) is 0.231. The summed E-state index contributed by atoms with van der Waals surface area (Å²) in [5.74, 6) is -2.90. The fourth-order valence-electron chi connectivity index (χ4n) is 3.87. The molecule has 0 aliphatic heterocycles. The van der Waals surface area contributed by atoms with E-state index >= 15 is 0 Å². The Balaban J connectivity index is 1.62. The quantitative estimate of drug-likeness (QED) is 0.357. The lowest BCUT2D eigenvalue weighted by atomic mass is 10.0. The van der Waals surface area contributed by atoms with Crippen LogP contribution in [0, 0.1) is 20.8 Å². The van der Waals surface area contributed by atoms with Crippen molar-refractivity contribution in [1.29, 1.82) is 0 Å². The number of aromatic nitrogens is 4. The first kappa shape index (κ1) is 23.2. The van der Waals surface area contributed by atoms with Gasteiger partial charge in [0.15, 0.2) is 0 Å². The fourth-order valence-corrected chi connectivity index (χ4v) is 3.87. The van der Waals surface area contributed by atoms with Crippen molar-refractivity contribution in [1.82, 2.24) is 19.9 Å². The summed E-state index contributed by atoms with van der Waals surface area (Å²) in [5.41, 5.74) is 5.36. The van der Waals surface area contributed by atoms with Gasteiger partial charge in [0.25, 0.3) is 11.8 Å². The van der Waals surface area contributed by atoms with Crippen molar-refractivity contribution < 1.29 is 13.6 Å². The zero-order chi connectivity index (χ0) is 24.5. The third-order valence-electron chi connectivity index (χ3n) is 5.74. The normalized spacial score (nSPS) is 11.5. The molecule has 2 heterocycles. The molecule has 4 aromatic rings. The van der Waals surface area contributed by atoms with Crippen LogP contribution in [0.5, 0.6) is 0 Å². The summed E-state index contributed by atoms with van der Waals surface area (Å²) in [6.07, 6.45) is 1.22. The Morgan fingerprint density at radius 3 is 2.38 bits per heavy atom. The highest BCUT2D eigenvalue weighted by atomic mass is 19.3. The molecule has 34 heavy (non-hydrogen) atoms. The largest absolute Gasteiger partial charge is 0.341 e. The van der Waals surface area contributed by atoms with Gasteiger partial charge in [-0.1, -0.05) is 37.3 Å². The maximum absolute atomic E-state index is 14.0. The summed E-state index contributed by atoms with van der Waals surface area (Å²) < 4.78 is 28.1. The number of aryl methyl sites for hydroxylation is 3. The number of imidazole rings is 1. The van der Waals surface area contributed by atoms with Gasteiger partial charge >= 0.3 is 0 Å². The van der Waals surface area contributed by atoms with Crippen molar-refractivity contribution in [2.45, 2.75) is 40.0 Å². The number of halogens is 2. The van der Waals surface area contributed by atoms with Crippen LogP contribution < -0.4 is 5.32 Å². The van der Waals surface area contributed by atoms with E-state index in [1.807, 2.05) is 38.1 Å². The molecule has 0 bridgehead atoms. The van der Waals surface area contributed by atoms with E-state index < -0.39 is 11.8 Å². The third kappa shape index (κ3) is 4.57. The zero-order valence-corrected chi connectivity index (χ0v) is 19.4. The highest BCUT2D eigenvalue weighted by Gasteiger charge is 2.29. The summed E-state index contributed by atoms with van der Waals surface area (Å²) >= 11 is 0. The van der Waals surface area contributed by atoms with Gasteiger partial charge in [-0.3, -0.25) is 4.79 Å². The van der Waals surface area contributed by atoms with Crippen LogP contribution in [0.2, 0.25) is 0 Å². The number of carbonyl (C=O) groups excluding carboxylic acids is 1. The molecule has 0 fully saturated rings. The van der Waals surface area contributed by atoms with Crippen molar-refractivity contribution in [2.75, 3.05) is 5.32 Å². The highest BCUT2D eigenvalue weighted by molar-refractivity contribution is 6.04. The topological polar surface area (TPSA) is 83.6 Å². The third-order valence-corrected chi connectivity index (χ3v) is 5.74. The Morgan fingerprint density at radius 1 is 1.00 bits per heavy atom. The van der Waals surface area contributed by atoms with E-state index in [2.05, 4.69) is 25.3 Å². The number of amides is 1. The van der Waals surface area contributed by atoms with Gasteiger partial charge in [-0.25, -0.2) is 23.7 Å². The number of hydrogen-bond donors (Lipinski definition) is 2. The minimum atomic E-state index is -2.96. The Kier molecular flexibility index (Phi) is 6.24. The van der Waals surface area contributed by atoms with E-state index in [4.69, 9.17) is 0 Å². The molecule has 2 aromatic heterocycles. The monoisotopic (exact) mass is 461 g/mol.